The van der Waals surface area contributed by atoms with Gasteiger partial charge in [0, 0.05) is 42.8 Å². The number of aryl methyl sites for hydroxylation is 1. The van der Waals surface area contributed by atoms with E-state index in [1.54, 1.807) is 0 Å². The number of hydrogen-bond donors (Lipinski definition) is 2. The third-order valence-electron chi connectivity index (χ3n) is 4.01. The number of benzene rings is 1. The molecule has 1 saturated heterocycles. The summed E-state index contributed by atoms with van der Waals surface area (Å²) in [6.07, 6.45) is 2.91. The monoisotopic (exact) mass is 327 g/mol. The highest BCUT2D eigenvalue weighted by molar-refractivity contribution is 5.60. The summed E-state index contributed by atoms with van der Waals surface area (Å²) in [6.45, 7) is 8.54. The lowest BCUT2D eigenvalue weighted by molar-refractivity contribution is 0.122. The lowest BCUT2D eigenvalue weighted by Gasteiger charge is -2.28. The Kier molecular flexibility index (Phi) is 5.48. The molecule has 1 aromatic heterocycles. The SMILES string of the molecule is CCCNc1nc(Nc2ccc(N3CCOCC3)cc2)ncc1C. The molecule has 6 nitrogen and oxygen atoms in total. The van der Waals surface area contributed by atoms with Crippen LogP contribution in [0.4, 0.5) is 23.1 Å². The summed E-state index contributed by atoms with van der Waals surface area (Å²) in [5, 5.41) is 6.60. The molecule has 0 radical (unpaired) electrons. The molecular formula is C18H25N5O. The van der Waals surface area contributed by atoms with Gasteiger partial charge in [0.05, 0.1) is 13.2 Å². The van der Waals surface area contributed by atoms with E-state index < -0.39 is 0 Å². The van der Waals surface area contributed by atoms with Gasteiger partial charge in [-0.3, -0.25) is 0 Å². The molecule has 1 fully saturated rings. The minimum absolute atomic E-state index is 0.610. The van der Waals surface area contributed by atoms with E-state index in [0.717, 1.165) is 56.3 Å². The van der Waals surface area contributed by atoms with Gasteiger partial charge in [-0.05, 0) is 37.6 Å². The predicted molar refractivity (Wildman–Crippen MR) is 98.3 cm³/mol. The Balaban J connectivity index is 1.67. The lowest BCUT2D eigenvalue weighted by atomic mass is 10.2. The van der Waals surface area contributed by atoms with Gasteiger partial charge in [-0.1, -0.05) is 6.92 Å². The molecule has 24 heavy (non-hydrogen) atoms. The predicted octanol–water partition coefficient (Wildman–Crippen LogP) is 3.19. The van der Waals surface area contributed by atoms with Gasteiger partial charge >= 0.3 is 0 Å². The van der Waals surface area contributed by atoms with Gasteiger partial charge in [0.2, 0.25) is 5.95 Å². The summed E-state index contributed by atoms with van der Waals surface area (Å²) < 4.78 is 5.40. The summed E-state index contributed by atoms with van der Waals surface area (Å²) in [4.78, 5) is 11.3. The minimum Gasteiger partial charge on any atom is -0.378 e. The normalized spacial score (nSPS) is 14.5. The third kappa shape index (κ3) is 4.14. The van der Waals surface area contributed by atoms with Crippen LogP contribution in [0.2, 0.25) is 0 Å². The fourth-order valence-electron chi connectivity index (χ4n) is 2.63. The largest absolute Gasteiger partial charge is 0.378 e. The van der Waals surface area contributed by atoms with E-state index in [2.05, 4.69) is 56.7 Å². The van der Waals surface area contributed by atoms with E-state index in [-0.39, 0.29) is 0 Å². The molecule has 2 aromatic rings. The van der Waals surface area contributed by atoms with Gasteiger partial charge in [0.25, 0.3) is 0 Å². The Morgan fingerprint density at radius 2 is 1.92 bits per heavy atom. The number of anilines is 4. The number of aromatic nitrogens is 2. The number of nitrogens with one attached hydrogen (secondary N) is 2. The molecule has 0 spiro atoms. The second-order valence-corrected chi connectivity index (χ2v) is 5.92. The molecule has 0 saturated carbocycles. The molecular weight excluding hydrogens is 302 g/mol. The second kappa shape index (κ2) is 7.97. The molecule has 1 aliphatic rings. The molecule has 0 aliphatic carbocycles. The van der Waals surface area contributed by atoms with E-state index in [1.165, 1.54) is 5.69 Å². The summed E-state index contributed by atoms with van der Waals surface area (Å²) in [5.41, 5.74) is 3.26. The van der Waals surface area contributed by atoms with Crippen LogP contribution >= 0.6 is 0 Å². The van der Waals surface area contributed by atoms with Crippen molar-refractivity contribution in [2.75, 3.05) is 48.4 Å². The van der Waals surface area contributed by atoms with E-state index in [9.17, 15) is 0 Å². The highest BCUT2D eigenvalue weighted by Gasteiger charge is 2.11. The first-order valence-electron chi connectivity index (χ1n) is 8.53. The number of hydrogen-bond acceptors (Lipinski definition) is 6. The minimum atomic E-state index is 0.610. The van der Waals surface area contributed by atoms with Crippen molar-refractivity contribution in [3.8, 4) is 0 Å². The molecule has 0 unspecified atom stereocenters. The van der Waals surface area contributed by atoms with Crippen molar-refractivity contribution in [3.63, 3.8) is 0 Å². The second-order valence-electron chi connectivity index (χ2n) is 5.92. The Hall–Kier alpha value is -2.34. The molecule has 6 heteroatoms. The molecule has 0 amide bonds. The average molecular weight is 327 g/mol. The van der Waals surface area contributed by atoms with Crippen molar-refractivity contribution in [3.05, 3.63) is 36.0 Å². The summed E-state index contributed by atoms with van der Waals surface area (Å²) in [5.74, 6) is 1.50. The van der Waals surface area contributed by atoms with Crippen molar-refractivity contribution in [2.45, 2.75) is 20.3 Å². The van der Waals surface area contributed by atoms with Crippen LogP contribution in [-0.4, -0.2) is 42.8 Å². The Morgan fingerprint density at radius 3 is 2.62 bits per heavy atom. The maximum atomic E-state index is 5.40. The Bertz CT molecular complexity index is 653. The van der Waals surface area contributed by atoms with Crippen LogP contribution < -0.4 is 15.5 Å². The summed E-state index contributed by atoms with van der Waals surface area (Å²) in [7, 11) is 0. The van der Waals surface area contributed by atoms with E-state index in [1.807, 2.05) is 13.1 Å². The Labute approximate surface area is 143 Å². The summed E-state index contributed by atoms with van der Waals surface area (Å²) in [6, 6.07) is 8.37. The molecule has 128 valence electrons. The van der Waals surface area contributed by atoms with Gasteiger partial charge in [0.15, 0.2) is 0 Å². The molecule has 2 N–H and O–H groups in total. The van der Waals surface area contributed by atoms with Gasteiger partial charge in [-0.15, -0.1) is 0 Å². The zero-order chi connectivity index (χ0) is 16.8. The van der Waals surface area contributed by atoms with Crippen LogP contribution in [0.25, 0.3) is 0 Å². The standard InChI is InChI=1S/C18H25N5O/c1-3-8-19-17-14(2)13-20-18(22-17)21-15-4-6-16(7-5-15)23-9-11-24-12-10-23/h4-7,13H,3,8-12H2,1-2H3,(H2,19,20,21,22). The van der Waals surface area contributed by atoms with Gasteiger partial charge < -0.3 is 20.3 Å². The molecule has 2 heterocycles. The van der Waals surface area contributed by atoms with Crippen LogP contribution in [-0.2, 0) is 4.74 Å². The maximum absolute atomic E-state index is 5.40. The molecule has 1 aromatic carbocycles. The van der Waals surface area contributed by atoms with Gasteiger partial charge in [0.1, 0.15) is 5.82 Å². The zero-order valence-corrected chi connectivity index (χ0v) is 14.4. The van der Waals surface area contributed by atoms with Crippen LogP contribution in [0.15, 0.2) is 30.5 Å². The maximum Gasteiger partial charge on any atom is 0.229 e. The third-order valence-corrected chi connectivity index (χ3v) is 4.01. The Morgan fingerprint density at radius 1 is 1.17 bits per heavy atom. The number of rotatable bonds is 6. The zero-order valence-electron chi connectivity index (χ0n) is 14.4. The lowest BCUT2D eigenvalue weighted by Crippen LogP contribution is -2.36. The first-order valence-corrected chi connectivity index (χ1v) is 8.53. The number of nitrogens with zero attached hydrogens (tertiary/aromatic N) is 3. The van der Waals surface area contributed by atoms with Crippen molar-refractivity contribution in [1.82, 2.24) is 9.97 Å². The van der Waals surface area contributed by atoms with Crippen LogP contribution in [0.3, 0.4) is 0 Å². The highest BCUT2D eigenvalue weighted by Crippen LogP contribution is 2.21. The molecule has 0 atom stereocenters. The van der Waals surface area contributed by atoms with Crippen molar-refractivity contribution < 1.29 is 4.74 Å². The van der Waals surface area contributed by atoms with Crippen LogP contribution in [0, 0.1) is 6.92 Å². The highest BCUT2D eigenvalue weighted by atomic mass is 16.5. The van der Waals surface area contributed by atoms with Gasteiger partial charge in [-0.25, -0.2) is 4.98 Å². The van der Waals surface area contributed by atoms with Gasteiger partial charge in [-0.2, -0.15) is 4.98 Å². The fourth-order valence-corrected chi connectivity index (χ4v) is 2.63. The number of ether oxygens (including phenoxy) is 1. The van der Waals surface area contributed by atoms with E-state index >= 15 is 0 Å². The van der Waals surface area contributed by atoms with Crippen molar-refractivity contribution in [2.24, 2.45) is 0 Å². The van der Waals surface area contributed by atoms with Crippen molar-refractivity contribution in [1.29, 1.82) is 0 Å². The average Bonchev–Trinajstić information content (AvgIpc) is 2.63. The van der Waals surface area contributed by atoms with E-state index in [0.29, 0.717) is 5.95 Å². The van der Waals surface area contributed by atoms with E-state index in [4.69, 9.17) is 4.74 Å². The molecule has 3 rings (SSSR count). The topological polar surface area (TPSA) is 62.3 Å². The van der Waals surface area contributed by atoms with Crippen molar-refractivity contribution >= 4 is 23.1 Å². The quantitative estimate of drug-likeness (QED) is 0.850. The first kappa shape index (κ1) is 16.5. The molecule has 1 aliphatic heterocycles. The fraction of sp³-hybridized carbons (Fsp3) is 0.444. The molecule has 0 bridgehead atoms. The van der Waals surface area contributed by atoms with Crippen LogP contribution in [0.1, 0.15) is 18.9 Å². The first-order chi connectivity index (χ1) is 11.8. The summed E-state index contributed by atoms with van der Waals surface area (Å²) >= 11 is 0. The smallest absolute Gasteiger partial charge is 0.229 e. The van der Waals surface area contributed by atoms with Crippen LogP contribution in [0.5, 0.6) is 0 Å². The number of morpholine rings is 1.